The van der Waals surface area contributed by atoms with E-state index in [2.05, 4.69) is 25.2 Å². The first kappa shape index (κ1) is 17.4. The van der Waals surface area contributed by atoms with Gasteiger partial charge >= 0.3 is 0 Å². The fraction of sp³-hybridized carbons (Fsp3) is 0.474. The van der Waals surface area contributed by atoms with Crippen LogP contribution in [0.3, 0.4) is 0 Å². The summed E-state index contributed by atoms with van der Waals surface area (Å²) < 4.78 is 0. The van der Waals surface area contributed by atoms with E-state index in [1.54, 1.807) is 11.8 Å². The molecule has 1 aromatic carbocycles. The highest BCUT2D eigenvalue weighted by Gasteiger charge is 2.48. The summed E-state index contributed by atoms with van der Waals surface area (Å²) in [6, 6.07) is 9.97. The summed E-state index contributed by atoms with van der Waals surface area (Å²) in [5.41, 5.74) is 1.65. The number of hydrogen-bond acceptors (Lipinski definition) is 4. The number of nitriles is 1. The number of benzene rings is 1. The molecule has 0 amide bonds. The Kier molecular flexibility index (Phi) is 4.68. The molecule has 0 aromatic heterocycles. The molecule has 1 fully saturated rings. The molecule has 3 atom stereocenters. The van der Waals surface area contributed by atoms with Crippen molar-refractivity contribution in [2.24, 2.45) is 11.3 Å². The van der Waals surface area contributed by atoms with Gasteiger partial charge in [-0.2, -0.15) is 5.26 Å². The van der Waals surface area contributed by atoms with Crippen LogP contribution in [0, 0.1) is 22.7 Å². The van der Waals surface area contributed by atoms with Crippen molar-refractivity contribution in [3.8, 4) is 6.07 Å². The number of rotatable bonds is 2. The van der Waals surface area contributed by atoms with Gasteiger partial charge in [-0.25, -0.2) is 0 Å². The van der Waals surface area contributed by atoms with E-state index < -0.39 is 0 Å². The number of ketones is 1. The third-order valence-electron chi connectivity index (χ3n) is 5.02. The second-order valence-electron chi connectivity index (χ2n) is 7.38. The molecule has 0 saturated heterocycles. The fourth-order valence-corrected chi connectivity index (χ4v) is 4.86. The molecule has 24 heavy (non-hydrogen) atoms. The second kappa shape index (κ2) is 6.46. The molecular formula is C19H21ClN2OS. The molecule has 2 aliphatic rings. The average Bonchev–Trinajstić information content (AvgIpc) is 2.52. The van der Waals surface area contributed by atoms with Crippen LogP contribution in [-0.2, 0) is 4.79 Å². The van der Waals surface area contributed by atoms with Gasteiger partial charge in [0, 0.05) is 29.3 Å². The second-order valence-corrected chi connectivity index (χ2v) is 8.63. The number of carbonyl (C=O) groups excluding carboxylic acids is 1. The standard InChI is InChI=1S/C19H21ClN2OS/c1-19(2)8-14-17(15(23)9-19)16(11-4-6-12(20)7-5-11)13(10-21)18(22-14)24-3/h4-7,14,16-17,22H,8-9H2,1-3H3. The minimum Gasteiger partial charge on any atom is -0.376 e. The molecule has 3 unspecified atom stereocenters. The maximum Gasteiger partial charge on any atom is 0.139 e. The smallest absolute Gasteiger partial charge is 0.139 e. The topological polar surface area (TPSA) is 52.9 Å². The van der Waals surface area contributed by atoms with Crippen LogP contribution >= 0.6 is 23.4 Å². The largest absolute Gasteiger partial charge is 0.376 e. The predicted molar refractivity (Wildman–Crippen MR) is 98.8 cm³/mol. The molecule has 0 spiro atoms. The molecule has 0 bridgehead atoms. The highest BCUT2D eigenvalue weighted by molar-refractivity contribution is 8.02. The lowest BCUT2D eigenvalue weighted by Gasteiger charge is -2.46. The first-order valence-electron chi connectivity index (χ1n) is 8.09. The van der Waals surface area contributed by atoms with Gasteiger partial charge in [0.2, 0.25) is 0 Å². The molecule has 3 rings (SSSR count). The number of Topliss-reactive ketones (excluding diaryl/α,β-unsaturated/α-hetero) is 1. The number of carbonyl (C=O) groups is 1. The Labute approximate surface area is 152 Å². The minimum absolute atomic E-state index is 0.0105. The molecule has 1 saturated carbocycles. The molecule has 3 nitrogen and oxygen atoms in total. The van der Waals surface area contributed by atoms with Crippen molar-refractivity contribution in [3.63, 3.8) is 0 Å². The fourth-order valence-electron chi connectivity index (χ4n) is 4.07. The predicted octanol–water partition coefficient (Wildman–Crippen LogP) is 4.50. The van der Waals surface area contributed by atoms with Crippen molar-refractivity contribution in [2.75, 3.05) is 6.26 Å². The van der Waals surface area contributed by atoms with E-state index in [1.165, 1.54) is 0 Å². The van der Waals surface area contributed by atoms with Crippen molar-refractivity contribution in [1.29, 1.82) is 5.26 Å². The number of halogens is 1. The van der Waals surface area contributed by atoms with Gasteiger partial charge in [-0.3, -0.25) is 4.79 Å². The molecule has 1 aliphatic carbocycles. The van der Waals surface area contributed by atoms with E-state index in [-0.39, 0.29) is 29.1 Å². The van der Waals surface area contributed by atoms with Crippen molar-refractivity contribution >= 4 is 29.1 Å². The quantitative estimate of drug-likeness (QED) is 0.843. The highest BCUT2D eigenvalue weighted by atomic mass is 35.5. The monoisotopic (exact) mass is 360 g/mol. The lowest BCUT2D eigenvalue weighted by Crippen LogP contribution is -2.53. The summed E-state index contributed by atoms with van der Waals surface area (Å²) >= 11 is 7.57. The zero-order valence-corrected chi connectivity index (χ0v) is 15.7. The summed E-state index contributed by atoms with van der Waals surface area (Å²) in [7, 11) is 0. The highest BCUT2D eigenvalue weighted by Crippen LogP contribution is 2.48. The number of hydrogen-bond donors (Lipinski definition) is 1. The maximum atomic E-state index is 12.9. The van der Waals surface area contributed by atoms with Gasteiger partial charge in [-0.1, -0.05) is 37.6 Å². The first-order chi connectivity index (χ1) is 11.4. The molecule has 1 heterocycles. The maximum absolute atomic E-state index is 12.9. The van der Waals surface area contributed by atoms with Crippen LogP contribution < -0.4 is 5.32 Å². The van der Waals surface area contributed by atoms with Gasteiger partial charge in [0.25, 0.3) is 0 Å². The van der Waals surface area contributed by atoms with Gasteiger partial charge in [0.15, 0.2) is 0 Å². The van der Waals surface area contributed by atoms with Gasteiger partial charge in [-0.05, 0) is 35.8 Å². The van der Waals surface area contributed by atoms with Crippen LogP contribution in [0.4, 0.5) is 0 Å². The normalized spacial score (nSPS) is 28.8. The van der Waals surface area contributed by atoms with E-state index in [1.807, 2.05) is 30.5 Å². The Morgan fingerprint density at radius 3 is 2.58 bits per heavy atom. The Morgan fingerprint density at radius 1 is 1.33 bits per heavy atom. The van der Waals surface area contributed by atoms with Gasteiger partial charge in [0.05, 0.1) is 16.7 Å². The Balaban J connectivity index is 2.12. The molecule has 1 N–H and O–H groups in total. The summed E-state index contributed by atoms with van der Waals surface area (Å²) in [5.74, 6) is -0.133. The molecule has 0 radical (unpaired) electrons. The van der Waals surface area contributed by atoms with E-state index in [0.29, 0.717) is 17.0 Å². The third-order valence-corrected chi connectivity index (χ3v) is 6.01. The van der Waals surface area contributed by atoms with Crippen LogP contribution in [0.2, 0.25) is 5.02 Å². The van der Waals surface area contributed by atoms with Gasteiger partial charge in [0.1, 0.15) is 5.78 Å². The summed E-state index contributed by atoms with van der Waals surface area (Å²) in [5, 5.41) is 14.8. The number of nitrogens with zero attached hydrogens (tertiary/aromatic N) is 1. The first-order valence-corrected chi connectivity index (χ1v) is 9.69. The Hall–Kier alpha value is -1.44. The van der Waals surface area contributed by atoms with Crippen LogP contribution in [0.5, 0.6) is 0 Å². The lowest BCUT2D eigenvalue weighted by atomic mass is 9.62. The Morgan fingerprint density at radius 2 is 2.00 bits per heavy atom. The van der Waals surface area contributed by atoms with Crippen LogP contribution in [-0.4, -0.2) is 18.1 Å². The summed E-state index contributed by atoms with van der Waals surface area (Å²) in [6.07, 6.45) is 3.46. The number of nitrogens with one attached hydrogen (secondary N) is 1. The number of thioether (sulfide) groups is 1. The minimum atomic E-state index is -0.190. The molecule has 1 aromatic rings. The summed E-state index contributed by atoms with van der Waals surface area (Å²) in [4.78, 5) is 12.9. The van der Waals surface area contributed by atoms with Crippen molar-refractivity contribution in [2.45, 2.75) is 38.6 Å². The van der Waals surface area contributed by atoms with E-state index >= 15 is 0 Å². The van der Waals surface area contributed by atoms with Crippen molar-refractivity contribution in [1.82, 2.24) is 5.32 Å². The summed E-state index contributed by atoms with van der Waals surface area (Å²) in [6.45, 7) is 4.28. The van der Waals surface area contributed by atoms with E-state index in [0.717, 1.165) is 17.0 Å². The van der Waals surface area contributed by atoms with Crippen LogP contribution in [0.1, 0.15) is 38.2 Å². The van der Waals surface area contributed by atoms with E-state index in [4.69, 9.17) is 11.6 Å². The van der Waals surface area contributed by atoms with E-state index in [9.17, 15) is 10.1 Å². The molecule has 5 heteroatoms. The number of allylic oxidation sites excluding steroid dienone is 1. The third kappa shape index (κ3) is 3.08. The lowest BCUT2D eigenvalue weighted by molar-refractivity contribution is -0.129. The van der Waals surface area contributed by atoms with Crippen LogP contribution in [0.15, 0.2) is 34.9 Å². The van der Waals surface area contributed by atoms with Crippen molar-refractivity contribution in [3.05, 3.63) is 45.5 Å². The molecule has 126 valence electrons. The molecule has 1 aliphatic heterocycles. The van der Waals surface area contributed by atoms with Crippen molar-refractivity contribution < 1.29 is 4.79 Å². The average molecular weight is 361 g/mol. The van der Waals surface area contributed by atoms with Crippen LogP contribution in [0.25, 0.3) is 0 Å². The molecular weight excluding hydrogens is 340 g/mol. The zero-order valence-electron chi connectivity index (χ0n) is 14.1. The van der Waals surface area contributed by atoms with Gasteiger partial charge < -0.3 is 5.32 Å². The Bertz CT molecular complexity index is 733. The van der Waals surface area contributed by atoms with Gasteiger partial charge in [-0.15, -0.1) is 11.8 Å². The number of fused-ring (bicyclic) bond motifs is 1. The zero-order chi connectivity index (χ0) is 17.5. The SMILES string of the molecule is CSC1=C(C#N)C(c2ccc(Cl)cc2)C2C(=O)CC(C)(C)CC2N1.